The average molecular weight is 497 g/mol. The normalized spacial score (nSPS) is 10.7. The van der Waals surface area contributed by atoms with Crippen LogP contribution >= 0.6 is 15.9 Å². The summed E-state index contributed by atoms with van der Waals surface area (Å²) in [6, 6.07) is 19.8. The van der Waals surface area contributed by atoms with Gasteiger partial charge >= 0.3 is 0 Å². The molecule has 3 rings (SSSR count). The van der Waals surface area contributed by atoms with Crippen molar-refractivity contribution in [3.63, 3.8) is 0 Å². The minimum absolute atomic E-state index is 0.00597. The second-order valence-electron chi connectivity index (χ2n) is 7.95. The molecule has 0 bridgehead atoms. The summed E-state index contributed by atoms with van der Waals surface area (Å²) >= 11 is 3.65. The van der Waals surface area contributed by atoms with E-state index in [2.05, 4.69) is 45.6 Å². The van der Waals surface area contributed by atoms with Gasteiger partial charge in [0.25, 0.3) is 0 Å². The molecule has 0 saturated carbocycles. The van der Waals surface area contributed by atoms with Gasteiger partial charge in [0.05, 0.1) is 7.11 Å². The highest BCUT2D eigenvalue weighted by molar-refractivity contribution is 9.10. The van der Waals surface area contributed by atoms with E-state index < -0.39 is 0 Å². The van der Waals surface area contributed by atoms with Crippen LogP contribution < -0.4 is 20.1 Å². The van der Waals surface area contributed by atoms with Gasteiger partial charge in [0.1, 0.15) is 6.61 Å². The Labute approximate surface area is 198 Å². The molecule has 1 amide bonds. The van der Waals surface area contributed by atoms with Crippen molar-refractivity contribution in [3.05, 3.63) is 81.8 Å². The van der Waals surface area contributed by atoms with Gasteiger partial charge in [-0.05, 0) is 54.4 Å². The lowest BCUT2D eigenvalue weighted by atomic mass is 10.1. The number of hydrogen-bond acceptors (Lipinski definition) is 4. The van der Waals surface area contributed by atoms with Gasteiger partial charge in [0.15, 0.2) is 11.5 Å². The first-order chi connectivity index (χ1) is 15.4. The molecule has 5 nitrogen and oxygen atoms in total. The number of methoxy groups -OCH3 is 1. The van der Waals surface area contributed by atoms with Crippen molar-refractivity contribution in [2.75, 3.05) is 17.7 Å². The number of benzene rings is 3. The molecule has 168 valence electrons. The van der Waals surface area contributed by atoms with E-state index in [4.69, 9.17) is 9.47 Å². The first-order valence-corrected chi connectivity index (χ1v) is 11.3. The third kappa shape index (κ3) is 6.50. The van der Waals surface area contributed by atoms with Crippen LogP contribution in [-0.2, 0) is 17.9 Å². The largest absolute Gasteiger partial charge is 0.493 e. The maximum Gasteiger partial charge on any atom is 0.226 e. The minimum Gasteiger partial charge on any atom is -0.493 e. The Morgan fingerprint density at radius 3 is 2.38 bits per heavy atom. The van der Waals surface area contributed by atoms with Gasteiger partial charge in [-0.25, -0.2) is 0 Å². The molecule has 3 aromatic carbocycles. The Morgan fingerprint density at radius 2 is 1.72 bits per heavy atom. The second kappa shape index (κ2) is 11.0. The molecular weight excluding hydrogens is 468 g/mol. The average Bonchev–Trinajstić information content (AvgIpc) is 2.78. The van der Waals surface area contributed by atoms with Crippen molar-refractivity contribution in [2.45, 2.75) is 33.9 Å². The second-order valence-corrected chi connectivity index (χ2v) is 8.80. The van der Waals surface area contributed by atoms with Crippen molar-refractivity contribution < 1.29 is 14.3 Å². The molecule has 0 unspecified atom stereocenters. The van der Waals surface area contributed by atoms with E-state index in [0.717, 1.165) is 27.0 Å². The summed E-state index contributed by atoms with van der Waals surface area (Å²) < 4.78 is 12.5. The van der Waals surface area contributed by atoms with E-state index in [-0.39, 0.29) is 11.8 Å². The molecule has 0 spiro atoms. The molecule has 0 heterocycles. The number of carbonyl (C=O) groups is 1. The lowest BCUT2D eigenvalue weighted by Crippen LogP contribution is -2.17. The molecule has 2 N–H and O–H groups in total. The van der Waals surface area contributed by atoms with E-state index >= 15 is 0 Å². The maximum atomic E-state index is 11.8. The first-order valence-electron chi connectivity index (χ1n) is 10.5. The molecule has 32 heavy (non-hydrogen) atoms. The fourth-order valence-electron chi connectivity index (χ4n) is 3.10. The predicted octanol–water partition coefficient (Wildman–Crippen LogP) is 6.55. The number of ether oxygens (including phenoxy) is 2. The lowest BCUT2D eigenvalue weighted by molar-refractivity contribution is -0.118. The minimum atomic E-state index is -0.0520. The SMILES string of the molecule is COc1cc(CNc2ccc(NC(=O)C(C)C)cc2)c(Br)cc1OCc1cccc(C)c1. The molecular formula is C26H29BrN2O3. The summed E-state index contributed by atoms with van der Waals surface area (Å²) in [6.45, 7) is 6.89. The van der Waals surface area contributed by atoms with Crippen LogP contribution in [0.1, 0.15) is 30.5 Å². The molecule has 0 aliphatic carbocycles. The molecule has 6 heteroatoms. The summed E-state index contributed by atoms with van der Waals surface area (Å²) in [4.78, 5) is 11.8. The Kier molecular flexibility index (Phi) is 8.17. The Bertz CT molecular complexity index is 1070. The van der Waals surface area contributed by atoms with E-state index in [1.54, 1.807) is 7.11 Å². The highest BCUT2D eigenvalue weighted by atomic mass is 79.9. The van der Waals surface area contributed by atoms with Crippen LogP contribution in [-0.4, -0.2) is 13.0 Å². The fraction of sp³-hybridized carbons (Fsp3) is 0.269. The third-order valence-corrected chi connectivity index (χ3v) is 5.71. The zero-order chi connectivity index (χ0) is 23.1. The van der Waals surface area contributed by atoms with E-state index in [0.29, 0.717) is 24.7 Å². The van der Waals surface area contributed by atoms with Gasteiger partial charge in [0.2, 0.25) is 5.91 Å². The summed E-state index contributed by atoms with van der Waals surface area (Å²) in [5.41, 5.74) is 5.10. The molecule has 0 fully saturated rings. The van der Waals surface area contributed by atoms with Crippen molar-refractivity contribution in [1.29, 1.82) is 0 Å². The van der Waals surface area contributed by atoms with Crippen LogP contribution in [0.2, 0.25) is 0 Å². The molecule has 0 aliphatic heterocycles. The van der Waals surface area contributed by atoms with Crippen molar-refractivity contribution in [3.8, 4) is 11.5 Å². The topological polar surface area (TPSA) is 59.6 Å². The number of anilines is 2. The molecule has 0 atom stereocenters. The number of amides is 1. The van der Waals surface area contributed by atoms with Gasteiger partial charge in [-0.15, -0.1) is 0 Å². The van der Waals surface area contributed by atoms with Gasteiger partial charge < -0.3 is 20.1 Å². The van der Waals surface area contributed by atoms with Crippen molar-refractivity contribution >= 4 is 33.2 Å². The number of nitrogens with one attached hydrogen (secondary N) is 2. The van der Waals surface area contributed by atoms with Crippen LogP contribution in [0, 0.1) is 12.8 Å². The number of carbonyl (C=O) groups excluding carboxylic acids is 1. The smallest absolute Gasteiger partial charge is 0.226 e. The highest BCUT2D eigenvalue weighted by Crippen LogP contribution is 2.34. The summed E-state index contributed by atoms with van der Waals surface area (Å²) in [6.07, 6.45) is 0. The first kappa shape index (κ1) is 23.7. The van der Waals surface area contributed by atoms with Crippen LogP contribution in [0.4, 0.5) is 11.4 Å². The Hall–Kier alpha value is -2.99. The number of aryl methyl sites for hydroxylation is 1. The summed E-state index contributed by atoms with van der Waals surface area (Å²) in [7, 11) is 1.64. The predicted molar refractivity (Wildman–Crippen MR) is 133 cm³/mol. The van der Waals surface area contributed by atoms with Gasteiger partial charge in [-0.3, -0.25) is 4.79 Å². The molecule has 0 saturated heterocycles. The van der Waals surface area contributed by atoms with Crippen molar-refractivity contribution in [1.82, 2.24) is 0 Å². The fourth-order valence-corrected chi connectivity index (χ4v) is 3.57. The lowest BCUT2D eigenvalue weighted by Gasteiger charge is -2.15. The monoisotopic (exact) mass is 496 g/mol. The molecule has 3 aromatic rings. The van der Waals surface area contributed by atoms with Gasteiger partial charge in [-0.2, -0.15) is 0 Å². The van der Waals surface area contributed by atoms with Crippen LogP contribution in [0.5, 0.6) is 11.5 Å². The number of hydrogen-bond donors (Lipinski definition) is 2. The summed E-state index contributed by atoms with van der Waals surface area (Å²) in [5.74, 6) is 1.33. The number of rotatable bonds is 9. The molecule has 0 radical (unpaired) electrons. The summed E-state index contributed by atoms with van der Waals surface area (Å²) in [5, 5.41) is 6.30. The van der Waals surface area contributed by atoms with Gasteiger partial charge in [-0.1, -0.05) is 59.6 Å². The van der Waals surface area contributed by atoms with E-state index in [1.165, 1.54) is 5.56 Å². The van der Waals surface area contributed by atoms with Crippen LogP contribution in [0.15, 0.2) is 65.1 Å². The van der Waals surface area contributed by atoms with E-state index in [1.807, 2.05) is 62.4 Å². The Morgan fingerprint density at radius 1 is 1.00 bits per heavy atom. The maximum absolute atomic E-state index is 11.8. The Balaban J connectivity index is 1.63. The van der Waals surface area contributed by atoms with Crippen LogP contribution in [0.25, 0.3) is 0 Å². The zero-order valence-corrected chi connectivity index (χ0v) is 20.5. The van der Waals surface area contributed by atoms with Crippen LogP contribution in [0.3, 0.4) is 0 Å². The molecule has 0 aromatic heterocycles. The standard InChI is InChI=1S/C26H29BrN2O3/c1-17(2)26(30)29-22-10-8-21(9-11-22)28-15-20-13-24(31-4)25(14-23(20)27)32-16-19-7-5-6-18(3)12-19/h5-14,17,28H,15-16H2,1-4H3,(H,29,30). The zero-order valence-electron chi connectivity index (χ0n) is 18.9. The van der Waals surface area contributed by atoms with E-state index in [9.17, 15) is 4.79 Å². The van der Waals surface area contributed by atoms with Gasteiger partial charge in [0, 0.05) is 28.3 Å². The van der Waals surface area contributed by atoms with Crippen molar-refractivity contribution in [2.24, 2.45) is 5.92 Å². The number of halogens is 1. The quantitative estimate of drug-likeness (QED) is 0.352. The molecule has 0 aliphatic rings. The third-order valence-electron chi connectivity index (χ3n) is 4.97. The highest BCUT2D eigenvalue weighted by Gasteiger charge is 2.11.